The number of amides is 2. The van der Waals surface area contributed by atoms with Gasteiger partial charge in [-0.1, -0.05) is 0 Å². The molecule has 0 aliphatic heterocycles. The number of phenolic OH excluding ortho intramolecular Hbond substituents is 2. The van der Waals surface area contributed by atoms with E-state index in [4.69, 9.17) is 11.6 Å². The summed E-state index contributed by atoms with van der Waals surface area (Å²) in [5.41, 5.74) is 0.143. The molecule has 2 amide bonds. The molecule has 6 nitrogen and oxygen atoms in total. The van der Waals surface area contributed by atoms with E-state index in [0.29, 0.717) is 0 Å². The summed E-state index contributed by atoms with van der Waals surface area (Å²) >= 11 is 5.39. The van der Waals surface area contributed by atoms with Gasteiger partial charge >= 0.3 is 0 Å². The zero-order chi connectivity index (χ0) is 14.3. The summed E-state index contributed by atoms with van der Waals surface area (Å²) in [6.45, 7) is 0.523. The molecule has 0 bridgehead atoms. The van der Waals surface area contributed by atoms with E-state index in [9.17, 15) is 19.8 Å². The highest BCUT2D eigenvalue weighted by molar-refractivity contribution is 6.18. The van der Waals surface area contributed by atoms with Crippen molar-refractivity contribution in [2.45, 2.75) is 6.42 Å². The van der Waals surface area contributed by atoms with Gasteiger partial charge in [0.2, 0.25) is 5.91 Å². The predicted molar refractivity (Wildman–Crippen MR) is 70.5 cm³/mol. The van der Waals surface area contributed by atoms with Crippen LogP contribution in [0.25, 0.3) is 0 Å². The van der Waals surface area contributed by atoms with Crippen molar-refractivity contribution in [3.63, 3.8) is 0 Å². The number of rotatable bonds is 6. The zero-order valence-corrected chi connectivity index (χ0v) is 10.9. The number of alkyl halides is 1. The van der Waals surface area contributed by atoms with E-state index in [2.05, 4.69) is 10.6 Å². The predicted octanol–water partition coefficient (Wildman–Crippen LogP) is 0.573. The summed E-state index contributed by atoms with van der Waals surface area (Å²) in [6.07, 6.45) is 0.232. The SMILES string of the molecule is O=C(CCCl)NCCNC(=O)c1cc(O)cc(O)c1. The van der Waals surface area contributed by atoms with Gasteiger partial charge in [0.1, 0.15) is 11.5 Å². The standard InChI is InChI=1S/C12H15ClN2O4/c13-2-1-11(18)14-3-4-15-12(19)8-5-9(16)7-10(17)6-8/h5-7,16-17H,1-4H2,(H,14,18)(H,15,19). The lowest BCUT2D eigenvalue weighted by Crippen LogP contribution is -2.34. The van der Waals surface area contributed by atoms with Crippen molar-refractivity contribution in [2.24, 2.45) is 0 Å². The second-order valence-electron chi connectivity index (χ2n) is 3.78. The van der Waals surface area contributed by atoms with Gasteiger partial charge in [-0.25, -0.2) is 0 Å². The highest BCUT2D eigenvalue weighted by Crippen LogP contribution is 2.19. The third-order valence-corrected chi connectivity index (χ3v) is 2.41. The summed E-state index contributed by atoms with van der Waals surface area (Å²) in [4.78, 5) is 22.7. The lowest BCUT2D eigenvalue weighted by atomic mass is 10.2. The Morgan fingerprint density at radius 3 is 2.21 bits per heavy atom. The number of hydrogen-bond acceptors (Lipinski definition) is 4. The van der Waals surface area contributed by atoms with Crippen molar-refractivity contribution in [1.82, 2.24) is 10.6 Å². The minimum atomic E-state index is -0.446. The first-order valence-electron chi connectivity index (χ1n) is 5.67. The first-order chi connectivity index (χ1) is 9.02. The Morgan fingerprint density at radius 2 is 1.63 bits per heavy atom. The minimum absolute atomic E-state index is 0.143. The maximum Gasteiger partial charge on any atom is 0.251 e. The summed E-state index contributed by atoms with van der Waals surface area (Å²) < 4.78 is 0. The average molecular weight is 287 g/mol. The monoisotopic (exact) mass is 286 g/mol. The molecule has 0 radical (unpaired) electrons. The molecule has 19 heavy (non-hydrogen) atoms. The number of halogens is 1. The third kappa shape index (κ3) is 5.48. The summed E-state index contributed by atoms with van der Waals surface area (Å²) in [5.74, 6) is -0.765. The quantitative estimate of drug-likeness (QED) is 0.454. The summed E-state index contributed by atoms with van der Waals surface area (Å²) in [6, 6.07) is 3.60. The van der Waals surface area contributed by atoms with Gasteiger partial charge in [0.05, 0.1) is 0 Å². The Bertz CT molecular complexity index is 445. The number of phenols is 2. The highest BCUT2D eigenvalue weighted by Gasteiger charge is 2.08. The third-order valence-electron chi connectivity index (χ3n) is 2.22. The fraction of sp³-hybridized carbons (Fsp3) is 0.333. The van der Waals surface area contributed by atoms with Crippen LogP contribution in [0, 0.1) is 0 Å². The number of carbonyl (C=O) groups excluding carboxylic acids is 2. The van der Waals surface area contributed by atoms with Crippen molar-refractivity contribution in [3.8, 4) is 11.5 Å². The van der Waals surface area contributed by atoms with Gasteiger partial charge in [0, 0.05) is 37.0 Å². The lowest BCUT2D eigenvalue weighted by molar-refractivity contribution is -0.120. The van der Waals surface area contributed by atoms with Crippen LogP contribution in [-0.2, 0) is 4.79 Å². The fourth-order valence-corrected chi connectivity index (χ4v) is 1.55. The second kappa shape index (κ2) is 7.48. The van der Waals surface area contributed by atoms with Crippen molar-refractivity contribution in [3.05, 3.63) is 23.8 Å². The van der Waals surface area contributed by atoms with Crippen LogP contribution in [0.15, 0.2) is 18.2 Å². The normalized spacial score (nSPS) is 9.95. The van der Waals surface area contributed by atoms with Gasteiger partial charge in [0.25, 0.3) is 5.91 Å². The Balaban J connectivity index is 2.37. The smallest absolute Gasteiger partial charge is 0.251 e. The minimum Gasteiger partial charge on any atom is -0.508 e. The molecule has 0 aliphatic carbocycles. The maximum absolute atomic E-state index is 11.7. The molecule has 0 unspecified atom stereocenters. The first-order valence-corrected chi connectivity index (χ1v) is 6.20. The van der Waals surface area contributed by atoms with Crippen LogP contribution in [0.3, 0.4) is 0 Å². The molecule has 104 valence electrons. The van der Waals surface area contributed by atoms with Crippen LogP contribution in [-0.4, -0.2) is 41.0 Å². The molecule has 0 aromatic heterocycles. The van der Waals surface area contributed by atoms with E-state index in [1.807, 2.05) is 0 Å². The highest BCUT2D eigenvalue weighted by atomic mass is 35.5. The van der Waals surface area contributed by atoms with E-state index in [0.717, 1.165) is 6.07 Å². The van der Waals surface area contributed by atoms with E-state index >= 15 is 0 Å². The molecule has 1 rings (SSSR count). The van der Waals surface area contributed by atoms with Crippen molar-refractivity contribution in [2.75, 3.05) is 19.0 Å². The van der Waals surface area contributed by atoms with Gasteiger partial charge in [-0.2, -0.15) is 0 Å². The summed E-state index contributed by atoms with van der Waals surface area (Å²) in [5, 5.41) is 23.6. The molecule has 1 aromatic carbocycles. The molecule has 0 saturated heterocycles. The van der Waals surface area contributed by atoms with Crippen LogP contribution >= 0.6 is 11.6 Å². The number of aromatic hydroxyl groups is 2. The number of benzene rings is 1. The van der Waals surface area contributed by atoms with Crippen LogP contribution in [0.2, 0.25) is 0 Å². The number of nitrogens with one attached hydrogen (secondary N) is 2. The van der Waals surface area contributed by atoms with Gasteiger partial charge < -0.3 is 20.8 Å². The molecule has 7 heteroatoms. The van der Waals surface area contributed by atoms with Gasteiger partial charge in [-0.05, 0) is 12.1 Å². The fourth-order valence-electron chi connectivity index (χ4n) is 1.38. The Morgan fingerprint density at radius 1 is 1.05 bits per heavy atom. The first kappa shape index (κ1) is 15.1. The lowest BCUT2D eigenvalue weighted by Gasteiger charge is -2.07. The average Bonchev–Trinajstić information content (AvgIpc) is 2.33. The van der Waals surface area contributed by atoms with Crippen molar-refractivity contribution >= 4 is 23.4 Å². The molecule has 0 spiro atoms. The Hall–Kier alpha value is -1.95. The van der Waals surface area contributed by atoms with E-state index in [-0.39, 0.29) is 48.4 Å². The topological polar surface area (TPSA) is 98.7 Å². The zero-order valence-electron chi connectivity index (χ0n) is 10.1. The largest absolute Gasteiger partial charge is 0.508 e. The van der Waals surface area contributed by atoms with Gasteiger partial charge in [0.15, 0.2) is 0 Å². The molecule has 0 aliphatic rings. The van der Waals surface area contributed by atoms with E-state index < -0.39 is 5.91 Å². The Labute approximate surface area is 115 Å². The number of carbonyl (C=O) groups is 2. The van der Waals surface area contributed by atoms with E-state index in [1.54, 1.807) is 0 Å². The molecular weight excluding hydrogens is 272 g/mol. The van der Waals surface area contributed by atoms with Gasteiger partial charge in [-0.3, -0.25) is 9.59 Å². The van der Waals surface area contributed by atoms with Crippen LogP contribution in [0.5, 0.6) is 11.5 Å². The second-order valence-corrected chi connectivity index (χ2v) is 4.16. The summed E-state index contributed by atoms with van der Waals surface area (Å²) in [7, 11) is 0. The van der Waals surface area contributed by atoms with E-state index in [1.165, 1.54) is 12.1 Å². The van der Waals surface area contributed by atoms with Crippen molar-refractivity contribution < 1.29 is 19.8 Å². The molecule has 0 atom stereocenters. The molecule has 4 N–H and O–H groups in total. The Kier molecular flexibility index (Phi) is 5.95. The maximum atomic E-state index is 11.7. The van der Waals surface area contributed by atoms with Crippen LogP contribution in [0.1, 0.15) is 16.8 Å². The van der Waals surface area contributed by atoms with Crippen LogP contribution < -0.4 is 10.6 Å². The van der Waals surface area contributed by atoms with Crippen molar-refractivity contribution in [1.29, 1.82) is 0 Å². The molecule has 0 saturated carbocycles. The van der Waals surface area contributed by atoms with Gasteiger partial charge in [-0.15, -0.1) is 11.6 Å². The van der Waals surface area contributed by atoms with Crippen LogP contribution in [0.4, 0.5) is 0 Å². The molecule has 0 fully saturated rings. The molecular formula is C12H15ClN2O4. The molecule has 0 heterocycles. The molecule has 1 aromatic rings. The number of hydrogen-bond donors (Lipinski definition) is 4.